The Morgan fingerprint density at radius 1 is 0.923 bits per heavy atom. The molecule has 0 bridgehead atoms. The highest BCUT2D eigenvalue weighted by molar-refractivity contribution is 6.00. The Hall–Kier alpha value is -3.97. The van der Waals surface area contributed by atoms with Crippen LogP contribution in [0, 0.1) is 12.8 Å². The van der Waals surface area contributed by atoms with E-state index in [-0.39, 0.29) is 17.9 Å². The highest BCUT2D eigenvalue weighted by atomic mass is 16.5. The lowest BCUT2D eigenvalue weighted by Gasteiger charge is -2.32. The molecule has 5 atom stereocenters. The smallest absolute Gasteiger partial charge is 0.311 e. The van der Waals surface area contributed by atoms with Gasteiger partial charge in [0.1, 0.15) is 6.04 Å². The minimum absolute atomic E-state index is 0.0619. The van der Waals surface area contributed by atoms with Crippen molar-refractivity contribution in [1.82, 2.24) is 10.2 Å². The molecule has 2 fully saturated rings. The molecule has 2 saturated heterocycles. The summed E-state index contributed by atoms with van der Waals surface area (Å²) in [6, 6.07) is 24.5. The van der Waals surface area contributed by atoms with Crippen molar-refractivity contribution in [2.24, 2.45) is 5.92 Å². The third kappa shape index (κ3) is 5.45. The summed E-state index contributed by atoms with van der Waals surface area (Å²) < 4.78 is 11.1. The number of hydrogen-bond donors (Lipinski definition) is 1. The van der Waals surface area contributed by atoms with Crippen molar-refractivity contribution in [3.63, 3.8) is 0 Å². The maximum absolute atomic E-state index is 14.3. The van der Waals surface area contributed by atoms with E-state index in [1.54, 1.807) is 17.0 Å². The summed E-state index contributed by atoms with van der Waals surface area (Å²) in [7, 11) is 1.35. The van der Waals surface area contributed by atoms with Gasteiger partial charge in [0.15, 0.2) is 0 Å². The Morgan fingerprint density at radius 2 is 1.56 bits per heavy atom. The maximum Gasteiger partial charge on any atom is 0.311 e. The number of carbonyl (C=O) groups excluding carboxylic acids is 3. The number of nitrogens with one attached hydrogen (secondary N) is 1. The van der Waals surface area contributed by atoms with E-state index in [2.05, 4.69) is 5.32 Å². The number of hydrogen-bond acceptors (Lipinski definition) is 5. The van der Waals surface area contributed by atoms with Gasteiger partial charge in [-0.25, -0.2) is 0 Å². The van der Waals surface area contributed by atoms with Crippen LogP contribution in [0.1, 0.15) is 51.8 Å². The highest BCUT2D eigenvalue weighted by Gasteiger charge is 2.58. The fraction of sp³-hybridized carbons (Fsp3) is 0.344. The van der Waals surface area contributed by atoms with E-state index in [4.69, 9.17) is 9.47 Å². The van der Waals surface area contributed by atoms with Gasteiger partial charge in [0.25, 0.3) is 5.91 Å². The number of carbonyl (C=O) groups is 3. The molecule has 0 aromatic heterocycles. The molecule has 7 nitrogen and oxygen atoms in total. The van der Waals surface area contributed by atoms with Gasteiger partial charge < -0.3 is 19.7 Å². The Balaban J connectivity index is 1.66. The van der Waals surface area contributed by atoms with E-state index in [1.807, 2.05) is 79.7 Å². The van der Waals surface area contributed by atoms with Gasteiger partial charge in [-0.15, -0.1) is 0 Å². The number of methoxy groups -OCH3 is 1. The first-order valence-corrected chi connectivity index (χ1v) is 13.5. The fourth-order valence-corrected chi connectivity index (χ4v) is 5.92. The zero-order valence-electron chi connectivity index (χ0n) is 22.3. The van der Waals surface area contributed by atoms with Crippen molar-refractivity contribution in [3.8, 4) is 0 Å². The molecule has 2 aliphatic rings. The van der Waals surface area contributed by atoms with E-state index in [0.29, 0.717) is 18.7 Å². The standard InChI is InChI=1S/C32H34N2O5/c1-21-15-17-24(18-16-21)31(36)34-28(23-12-7-4-8-13-23)27(32(37)38-2)26(22-10-5-3-6-11-22)29(34)30(35)33-20-25-14-9-19-39-25/h3-8,10-13,15-18,25-29H,9,14,19-20H2,1-2H3,(H,33,35). The van der Waals surface area contributed by atoms with Gasteiger partial charge in [0, 0.05) is 24.6 Å². The van der Waals surface area contributed by atoms with E-state index in [9.17, 15) is 14.4 Å². The number of esters is 1. The number of benzene rings is 3. The fourth-order valence-electron chi connectivity index (χ4n) is 5.92. The van der Waals surface area contributed by atoms with Crippen LogP contribution in [0.5, 0.6) is 0 Å². The monoisotopic (exact) mass is 526 g/mol. The van der Waals surface area contributed by atoms with Crippen LogP contribution in [0.2, 0.25) is 0 Å². The molecule has 202 valence electrons. The number of aryl methyl sites for hydroxylation is 1. The molecule has 39 heavy (non-hydrogen) atoms. The van der Waals surface area contributed by atoms with Gasteiger partial charge in [0.05, 0.1) is 25.2 Å². The van der Waals surface area contributed by atoms with E-state index in [0.717, 1.165) is 29.5 Å². The maximum atomic E-state index is 14.3. The Kier molecular flexibility index (Phi) is 8.07. The molecule has 7 heteroatoms. The predicted octanol–water partition coefficient (Wildman–Crippen LogP) is 4.43. The van der Waals surface area contributed by atoms with Gasteiger partial charge in [-0.1, -0.05) is 78.4 Å². The first-order chi connectivity index (χ1) is 19.0. The van der Waals surface area contributed by atoms with Crippen molar-refractivity contribution >= 4 is 17.8 Å². The van der Waals surface area contributed by atoms with Gasteiger partial charge in [-0.3, -0.25) is 14.4 Å². The summed E-state index contributed by atoms with van der Waals surface area (Å²) in [5.41, 5.74) is 3.04. The summed E-state index contributed by atoms with van der Waals surface area (Å²) in [5.74, 6) is -2.51. The molecule has 5 rings (SSSR count). The van der Waals surface area contributed by atoms with Crippen LogP contribution < -0.4 is 5.32 Å². The van der Waals surface area contributed by atoms with Gasteiger partial charge in [0.2, 0.25) is 5.91 Å². The lowest BCUT2D eigenvalue weighted by Crippen LogP contribution is -2.50. The van der Waals surface area contributed by atoms with Crippen LogP contribution in [-0.4, -0.2) is 55.1 Å². The largest absolute Gasteiger partial charge is 0.469 e. The predicted molar refractivity (Wildman–Crippen MR) is 147 cm³/mol. The average Bonchev–Trinajstić information content (AvgIpc) is 3.63. The lowest BCUT2D eigenvalue weighted by atomic mass is 9.80. The van der Waals surface area contributed by atoms with Crippen LogP contribution in [0.25, 0.3) is 0 Å². The van der Waals surface area contributed by atoms with Gasteiger partial charge in [-0.05, 0) is 43.0 Å². The van der Waals surface area contributed by atoms with Crippen molar-refractivity contribution in [3.05, 3.63) is 107 Å². The Labute approximate surface area is 229 Å². The average molecular weight is 527 g/mol. The molecule has 5 unspecified atom stereocenters. The van der Waals surface area contributed by atoms with E-state index < -0.39 is 29.9 Å². The molecule has 2 aliphatic heterocycles. The van der Waals surface area contributed by atoms with Crippen LogP contribution in [0.15, 0.2) is 84.9 Å². The van der Waals surface area contributed by atoms with Crippen LogP contribution >= 0.6 is 0 Å². The molecule has 2 heterocycles. The van der Waals surface area contributed by atoms with Crippen molar-refractivity contribution < 1.29 is 23.9 Å². The van der Waals surface area contributed by atoms with Gasteiger partial charge in [-0.2, -0.15) is 0 Å². The molecule has 0 spiro atoms. The zero-order chi connectivity index (χ0) is 27.4. The molecule has 0 aliphatic carbocycles. The summed E-state index contributed by atoms with van der Waals surface area (Å²) >= 11 is 0. The second kappa shape index (κ2) is 11.8. The molecule has 0 radical (unpaired) electrons. The number of nitrogens with zero attached hydrogens (tertiary/aromatic N) is 1. The Bertz CT molecular complexity index is 1290. The third-order valence-corrected chi connectivity index (χ3v) is 7.80. The molecule has 1 N–H and O–H groups in total. The van der Waals surface area contributed by atoms with E-state index >= 15 is 0 Å². The molecule has 2 amide bonds. The molecule has 0 saturated carbocycles. The molecule has 3 aromatic carbocycles. The first kappa shape index (κ1) is 26.6. The summed E-state index contributed by atoms with van der Waals surface area (Å²) in [6.45, 7) is 2.98. The van der Waals surface area contributed by atoms with Crippen molar-refractivity contribution in [1.29, 1.82) is 0 Å². The SMILES string of the molecule is COC(=O)C1C(c2ccccc2)C(C(=O)NCC2CCCO2)N(C(=O)c2ccc(C)cc2)C1c1ccccc1. The van der Waals surface area contributed by atoms with Crippen LogP contribution in [-0.2, 0) is 19.1 Å². The molecular weight excluding hydrogens is 492 g/mol. The van der Waals surface area contributed by atoms with Crippen molar-refractivity contribution in [2.75, 3.05) is 20.3 Å². The van der Waals surface area contributed by atoms with Crippen LogP contribution in [0.3, 0.4) is 0 Å². The topological polar surface area (TPSA) is 84.9 Å². The number of ether oxygens (including phenoxy) is 2. The quantitative estimate of drug-likeness (QED) is 0.461. The summed E-state index contributed by atoms with van der Waals surface area (Å²) in [4.78, 5) is 43.6. The first-order valence-electron chi connectivity index (χ1n) is 13.5. The highest BCUT2D eigenvalue weighted by Crippen LogP contribution is 2.51. The Morgan fingerprint density at radius 3 is 2.15 bits per heavy atom. The van der Waals surface area contributed by atoms with E-state index in [1.165, 1.54) is 7.11 Å². The summed E-state index contributed by atoms with van der Waals surface area (Å²) in [5, 5.41) is 3.05. The van der Waals surface area contributed by atoms with Crippen LogP contribution in [0.4, 0.5) is 0 Å². The minimum Gasteiger partial charge on any atom is -0.469 e. The summed E-state index contributed by atoms with van der Waals surface area (Å²) in [6.07, 6.45) is 1.76. The number of amides is 2. The molecular formula is C32H34N2O5. The number of likely N-dealkylation sites (tertiary alicyclic amines) is 1. The lowest BCUT2D eigenvalue weighted by molar-refractivity contribution is -0.146. The third-order valence-electron chi connectivity index (χ3n) is 7.80. The molecule has 3 aromatic rings. The number of rotatable bonds is 7. The minimum atomic E-state index is -0.947. The van der Waals surface area contributed by atoms with Crippen molar-refractivity contribution in [2.45, 2.75) is 43.9 Å². The second-order valence-corrected chi connectivity index (χ2v) is 10.2. The zero-order valence-corrected chi connectivity index (χ0v) is 22.3. The normalized spacial score (nSPS) is 24.4. The second-order valence-electron chi connectivity index (χ2n) is 10.2. The van der Waals surface area contributed by atoms with Gasteiger partial charge >= 0.3 is 5.97 Å².